The Labute approximate surface area is 40.9 Å². The van der Waals surface area contributed by atoms with E-state index in [1.54, 1.807) is 11.9 Å². The molecule has 4 heteroatoms. The number of hydrogen-bond donors (Lipinski definition) is 3. The highest BCUT2D eigenvalue weighted by Crippen LogP contribution is 1.88. The zero-order valence-corrected chi connectivity index (χ0v) is 4.14. The van der Waals surface area contributed by atoms with E-state index in [1.165, 1.54) is 0 Å². The molecule has 3 nitrogen and oxygen atoms in total. The zero-order chi connectivity index (χ0) is 4.24. The Hall–Kier alpha value is 0.230. The lowest BCUT2D eigenvalue weighted by Crippen LogP contribution is -2.45. The molecule has 1 aliphatic heterocycles. The summed E-state index contributed by atoms with van der Waals surface area (Å²) in [6.07, 6.45) is 0. The van der Waals surface area contributed by atoms with Crippen LogP contribution in [0.1, 0.15) is 0 Å². The summed E-state index contributed by atoms with van der Waals surface area (Å²) in [5.74, 6) is 1.13. The van der Waals surface area contributed by atoms with Crippen molar-refractivity contribution in [3.63, 3.8) is 0 Å². The van der Waals surface area contributed by atoms with Crippen LogP contribution in [0.4, 0.5) is 0 Å². The molecule has 0 aromatic carbocycles. The highest BCUT2D eigenvalue weighted by Gasteiger charge is 1.91. The molecule has 1 fully saturated rings. The first-order valence-corrected chi connectivity index (χ1v) is 2.83. The van der Waals surface area contributed by atoms with Crippen LogP contribution in [-0.4, -0.2) is 12.3 Å². The highest BCUT2D eigenvalue weighted by atomic mass is 32.2. The summed E-state index contributed by atoms with van der Waals surface area (Å²) in [4.78, 5) is 2.84. The van der Waals surface area contributed by atoms with E-state index < -0.39 is 0 Å². The van der Waals surface area contributed by atoms with E-state index in [-0.39, 0.29) is 0 Å². The third-order valence-electron chi connectivity index (χ3n) is 0.541. The summed E-state index contributed by atoms with van der Waals surface area (Å²) in [5.41, 5.74) is 5.65. The maximum absolute atomic E-state index is 2.90. The quantitative estimate of drug-likeness (QED) is 0.354. The summed E-state index contributed by atoms with van der Waals surface area (Å²) in [6, 6.07) is 0. The summed E-state index contributed by atoms with van der Waals surface area (Å²) in [7, 11) is 0. The van der Waals surface area contributed by atoms with Gasteiger partial charge in [-0.2, -0.15) is 10.4 Å². The van der Waals surface area contributed by atoms with Crippen LogP contribution in [0.3, 0.4) is 0 Å². The van der Waals surface area contributed by atoms with E-state index in [0.717, 1.165) is 12.3 Å². The van der Waals surface area contributed by atoms with Gasteiger partial charge < -0.3 is 0 Å². The number of nitrogens with one attached hydrogen (secondary N) is 3. The van der Waals surface area contributed by atoms with Crippen molar-refractivity contribution in [2.24, 2.45) is 0 Å². The predicted molar refractivity (Wildman–Crippen MR) is 26.7 cm³/mol. The van der Waals surface area contributed by atoms with Gasteiger partial charge >= 0.3 is 0 Å². The molecular weight excluding hydrogens is 98.1 g/mol. The molecule has 3 N–H and O–H groups in total. The van der Waals surface area contributed by atoms with E-state index in [4.69, 9.17) is 0 Å². The van der Waals surface area contributed by atoms with Gasteiger partial charge in [0.2, 0.25) is 0 Å². The third kappa shape index (κ3) is 1.14. The van der Waals surface area contributed by atoms with Crippen molar-refractivity contribution in [2.75, 3.05) is 12.3 Å². The lowest BCUT2D eigenvalue weighted by atomic mass is 10.8. The van der Waals surface area contributed by atoms with Gasteiger partial charge in [0.05, 0.1) is 0 Å². The van der Waals surface area contributed by atoms with Gasteiger partial charge in [0.25, 0.3) is 0 Å². The van der Waals surface area contributed by atoms with Crippen LogP contribution >= 0.6 is 11.9 Å². The van der Waals surface area contributed by atoms with Crippen molar-refractivity contribution in [3.05, 3.63) is 0 Å². The van der Waals surface area contributed by atoms with E-state index in [9.17, 15) is 0 Å². The van der Waals surface area contributed by atoms with Gasteiger partial charge in [0.1, 0.15) is 0 Å². The topological polar surface area (TPSA) is 36.1 Å². The molecule has 1 heterocycles. The maximum atomic E-state index is 2.90. The Morgan fingerprint density at radius 2 is 2.50 bits per heavy atom. The molecule has 0 radical (unpaired) electrons. The molecule has 0 unspecified atom stereocenters. The van der Waals surface area contributed by atoms with Crippen LogP contribution in [0, 0.1) is 0 Å². The minimum atomic E-state index is 1.04. The lowest BCUT2D eigenvalue weighted by Gasteiger charge is -2.11. The van der Waals surface area contributed by atoms with Crippen molar-refractivity contribution < 1.29 is 0 Å². The van der Waals surface area contributed by atoms with Gasteiger partial charge in [-0.15, -0.1) is 0 Å². The largest absolute Gasteiger partial charge is 0.243 e. The molecule has 0 aliphatic carbocycles. The molecular formula is C2H7N3S. The predicted octanol–water partition coefficient (Wildman–Crippen LogP) is -0.753. The molecule has 6 heavy (non-hydrogen) atoms. The fraction of sp³-hybridized carbons (Fsp3) is 1.00. The average Bonchev–Trinajstić information content (AvgIpc) is 1.72. The molecule has 36 valence electrons. The van der Waals surface area contributed by atoms with Gasteiger partial charge in [0, 0.05) is 12.3 Å². The fourth-order valence-electron chi connectivity index (χ4n) is 0.288. The Morgan fingerprint density at radius 1 is 1.50 bits per heavy atom. The minimum Gasteiger partial charge on any atom is -0.243 e. The monoisotopic (exact) mass is 105 g/mol. The van der Waals surface area contributed by atoms with Gasteiger partial charge in [-0.3, -0.25) is 0 Å². The lowest BCUT2D eigenvalue weighted by molar-refractivity contribution is 0.526. The summed E-state index contributed by atoms with van der Waals surface area (Å²) >= 11 is 1.67. The van der Waals surface area contributed by atoms with Crippen LogP contribution in [-0.2, 0) is 0 Å². The van der Waals surface area contributed by atoms with Crippen LogP contribution in [0.25, 0.3) is 0 Å². The minimum absolute atomic E-state index is 1.04. The van der Waals surface area contributed by atoms with E-state index in [2.05, 4.69) is 15.8 Å². The molecule has 0 amide bonds. The molecule has 1 aliphatic rings. The van der Waals surface area contributed by atoms with Gasteiger partial charge in [-0.1, -0.05) is 11.9 Å². The second-order valence-electron chi connectivity index (χ2n) is 1.00. The molecule has 0 saturated carbocycles. The third-order valence-corrected chi connectivity index (χ3v) is 1.20. The number of hydrogen-bond acceptors (Lipinski definition) is 4. The van der Waals surface area contributed by atoms with Crippen molar-refractivity contribution in [3.8, 4) is 0 Å². The zero-order valence-electron chi connectivity index (χ0n) is 3.32. The molecule has 1 saturated heterocycles. The van der Waals surface area contributed by atoms with Crippen molar-refractivity contribution >= 4 is 11.9 Å². The number of rotatable bonds is 0. The van der Waals surface area contributed by atoms with Gasteiger partial charge in [0.15, 0.2) is 0 Å². The first-order valence-electron chi connectivity index (χ1n) is 1.85. The van der Waals surface area contributed by atoms with Crippen LogP contribution in [0.15, 0.2) is 0 Å². The molecule has 0 atom stereocenters. The van der Waals surface area contributed by atoms with E-state index in [0.29, 0.717) is 0 Å². The van der Waals surface area contributed by atoms with Crippen molar-refractivity contribution in [1.29, 1.82) is 0 Å². The molecule has 0 aromatic rings. The Balaban J connectivity index is 2.00. The molecule has 1 rings (SSSR count). The van der Waals surface area contributed by atoms with Gasteiger partial charge in [-0.25, -0.2) is 5.43 Å². The highest BCUT2D eigenvalue weighted by molar-refractivity contribution is 7.97. The average molecular weight is 105 g/mol. The first kappa shape index (κ1) is 4.39. The van der Waals surface area contributed by atoms with Crippen LogP contribution < -0.4 is 15.8 Å². The molecule has 0 spiro atoms. The summed E-state index contributed by atoms with van der Waals surface area (Å²) < 4.78 is 0. The van der Waals surface area contributed by atoms with E-state index in [1.807, 2.05) is 0 Å². The standard InChI is InChI=1S/C2H7N3S/c1-2-6-5-4-3-1/h3-5H,1-2H2. The van der Waals surface area contributed by atoms with Crippen LogP contribution in [0.2, 0.25) is 0 Å². The van der Waals surface area contributed by atoms with E-state index >= 15 is 0 Å². The van der Waals surface area contributed by atoms with Crippen molar-refractivity contribution in [2.45, 2.75) is 0 Å². The summed E-state index contributed by atoms with van der Waals surface area (Å²) in [5, 5.41) is 0. The molecule has 0 bridgehead atoms. The number of hydrazine groups is 2. The fourth-order valence-corrected chi connectivity index (χ4v) is 0.738. The SMILES string of the molecule is C1CSNNN1. The maximum Gasteiger partial charge on any atom is 0.0231 e. The Morgan fingerprint density at radius 3 is 2.67 bits per heavy atom. The van der Waals surface area contributed by atoms with Crippen LogP contribution in [0.5, 0.6) is 0 Å². The first-order chi connectivity index (χ1) is 3.00. The van der Waals surface area contributed by atoms with Crippen molar-refractivity contribution in [1.82, 2.24) is 15.8 Å². The second kappa shape index (κ2) is 2.41. The molecule has 0 aromatic heterocycles. The second-order valence-corrected chi connectivity index (χ2v) is 1.90. The summed E-state index contributed by atoms with van der Waals surface area (Å²) in [6.45, 7) is 1.04. The normalized spacial score (nSPS) is 24.0. The smallest absolute Gasteiger partial charge is 0.0231 e. The van der Waals surface area contributed by atoms with Gasteiger partial charge in [-0.05, 0) is 0 Å². The Bertz CT molecular complexity index is 24.3. The Kier molecular flexibility index (Phi) is 1.76.